The first-order valence-corrected chi connectivity index (χ1v) is 10.6. The van der Waals surface area contributed by atoms with Crippen molar-refractivity contribution < 1.29 is 19.1 Å². The van der Waals surface area contributed by atoms with Gasteiger partial charge in [0.2, 0.25) is 5.91 Å². The second-order valence-electron chi connectivity index (χ2n) is 7.48. The molecular formula is C22H32N2O4. The highest BCUT2D eigenvalue weighted by Crippen LogP contribution is 2.33. The molecule has 2 aliphatic rings. The van der Waals surface area contributed by atoms with Crippen LogP contribution in [-0.2, 0) is 14.3 Å². The number of carbonyl (C=O) groups is 2. The summed E-state index contributed by atoms with van der Waals surface area (Å²) in [5.41, 5.74) is 1.22. The van der Waals surface area contributed by atoms with Crippen molar-refractivity contribution in [3.63, 3.8) is 0 Å². The topological polar surface area (TPSA) is 59.1 Å². The van der Waals surface area contributed by atoms with Crippen LogP contribution in [0.3, 0.4) is 0 Å². The van der Waals surface area contributed by atoms with Crippen LogP contribution in [0, 0.1) is 0 Å². The molecule has 0 spiro atoms. The highest BCUT2D eigenvalue weighted by atomic mass is 16.5. The molecule has 0 aromatic heterocycles. The Morgan fingerprint density at radius 3 is 2.50 bits per heavy atom. The maximum Gasteiger partial charge on any atom is 0.328 e. The zero-order valence-corrected chi connectivity index (χ0v) is 17.1. The maximum absolute atomic E-state index is 13.0. The summed E-state index contributed by atoms with van der Waals surface area (Å²) in [7, 11) is 0. The highest BCUT2D eigenvalue weighted by Gasteiger charge is 2.35. The molecular weight excluding hydrogens is 356 g/mol. The van der Waals surface area contributed by atoms with E-state index < -0.39 is 6.04 Å². The summed E-state index contributed by atoms with van der Waals surface area (Å²) in [6, 6.07) is 8.01. The molecule has 0 saturated carbocycles. The van der Waals surface area contributed by atoms with Crippen molar-refractivity contribution in [3.8, 4) is 5.75 Å². The molecule has 1 aromatic carbocycles. The highest BCUT2D eigenvalue weighted by molar-refractivity contribution is 5.86. The van der Waals surface area contributed by atoms with Gasteiger partial charge in [0, 0.05) is 12.6 Å². The molecule has 0 bridgehead atoms. The molecule has 1 amide bonds. The number of amides is 1. The molecule has 2 aliphatic heterocycles. The number of carbonyl (C=O) groups excluding carboxylic acids is 2. The number of hydrogen-bond donors (Lipinski definition) is 0. The van der Waals surface area contributed by atoms with Crippen LogP contribution in [0.1, 0.15) is 57.6 Å². The van der Waals surface area contributed by atoms with E-state index in [2.05, 4.69) is 17.0 Å². The molecule has 0 aliphatic carbocycles. The molecule has 28 heavy (non-hydrogen) atoms. The fraction of sp³-hybridized carbons (Fsp3) is 0.636. The van der Waals surface area contributed by atoms with Crippen molar-refractivity contribution in [2.75, 3.05) is 32.8 Å². The molecule has 0 unspecified atom stereocenters. The Kier molecular flexibility index (Phi) is 7.31. The molecule has 2 fully saturated rings. The Balaban J connectivity index is 1.65. The van der Waals surface area contributed by atoms with Crippen molar-refractivity contribution in [2.45, 2.75) is 58.0 Å². The molecule has 6 heteroatoms. The molecule has 0 radical (unpaired) electrons. The van der Waals surface area contributed by atoms with Gasteiger partial charge in [-0.05, 0) is 70.2 Å². The van der Waals surface area contributed by atoms with Crippen LogP contribution in [0.2, 0.25) is 0 Å². The van der Waals surface area contributed by atoms with Gasteiger partial charge in [-0.1, -0.05) is 12.1 Å². The second-order valence-corrected chi connectivity index (χ2v) is 7.48. The van der Waals surface area contributed by atoms with Crippen molar-refractivity contribution in [1.82, 2.24) is 9.80 Å². The third kappa shape index (κ3) is 4.85. The molecule has 2 saturated heterocycles. The second kappa shape index (κ2) is 9.92. The number of esters is 1. The van der Waals surface area contributed by atoms with Gasteiger partial charge in [0.25, 0.3) is 0 Å². The third-order valence-electron chi connectivity index (χ3n) is 5.66. The number of ether oxygens (including phenoxy) is 2. The van der Waals surface area contributed by atoms with Gasteiger partial charge in [0.05, 0.1) is 19.8 Å². The third-order valence-corrected chi connectivity index (χ3v) is 5.66. The van der Waals surface area contributed by atoms with Crippen LogP contribution in [-0.4, -0.2) is 60.6 Å². The standard InChI is InChI=1S/C22H32N2O4/c1-3-27-18-12-10-17(11-13-18)19-9-7-14-23(19)16-21(25)24-15-6-5-8-20(24)22(26)28-4-2/h10-13,19-20H,3-9,14-16H2,1-2H3/t19-,20-/m0/s1. The summed E-state index contributed by atoms with van der Waals surface area (Å²) in [6.45, 7) is 6.68. The number of rotatable bonds is 7. The Morgan fingerprint density at radius 2 is 1.79 bits per heavy atom. The van der Waals surface area contributed by atoms with Gasteiger partial charge in [-0.15, -0.1) is 0 Å². The summed E-state index contributed by atoms with van der Waals surface area (Å²) in [6.07, 6.45) is 4.73. The van der Waals surface area contributed by atoms with E-state index >= 15 is 0 Å². The van der Waals surface area contributed by atoms with Gasteiger partial charge < -0.3 is 14.4 Å². The fourth-order valence-corrected chi connectivity index (χ4v) is 4.32. The van der Waals surface area contributed by atoms with Crippen molar-refractivity contribution in [2.24, 2.45) is 0 Å². The summed E-state index contributed by atoms with van der Waals surface area (Å²) in [5, 5.41) is 0. The van der Waals surface area contributed by atoms with Crippen molar-refractivity contribution in [1.29, 1.82) is 0 Å². The van der Waals surface area contributed by atoms with E-state index in [1.807, 2.05) is 19.1 Å². The number of piperidine rings is 1. The monoisotopic (exact) mass is 388 g/mol. The van der Waals surface area contributed by atoms with Crippen LogP contribution < -0.4 is 4.74 Å². The van der Waals surface area contributed by atoms with Gasteiger partial charge in [-0.25, -0.2) is 4.79 Å². The van der Waals surface area contributed by atoms with Crippen LogP contribution in [0.15, 0.2) is 24.3 Å². The Morgan fingerprint density at radius 1 is 1.00 bits per heavy atom. The summed E-state index contributed by atoms with van der Waals surface area (Å²) >= 11 is 0. The van der Waals surface area contributed by atoms with Gasteiger partial charge in [0.1, 0.15) is 11.8 Å². The molecule has 6 nitrogen and oxygen atoms in total. The minimum Gasteiger partial charge on any atom is -0.494 e. The molecule has 2 heterocycles. The average Bonchev–Trinajstić information content (AvgIpc) is 3.17. The summed E-state index contributed by atoms with van der Waals surface area (Å²) in [5.74, 6) is 0.646. The average molecular weight is 389 g/mol. The van der Waals surface area contributed by atoms with E-state index in [-0.39, 0.29) is 17.9 Å². The minimum absolute atomic E-state index is 0.0376. The van der Waals surface area contributed by atoms with Crippen LogP contribution in [0.5, 0.6) is 5.75 Å². The van der Waals surface area contributed by atoms with E-state index in [1.54, 1.807) is 11.8 Å². The van der Waals surface area contributed by atoms with Crippen LogP contribution >= 0.6 is 0 Å². The Bertz CT molecular complexity index is 661. The van der Waals surface area contributed by atoms with Gasteiger partial charge in [-0.3, -0.25) is 9.69 Å². The lowest BCUT2D eigenvalue weighted by atomic mass is 10.0. The van der Waals surface area contributed by atoms with Crippen LogP contribution in [0.4, 0.5) is 0 Å². The van der Waals surface area contributed by atoms with Crippen molar-refractivity contribution in [3.05, 3.63) is 29.8 Å². The smallest absolute Gasteiger partial charge is 0.328 e. The molecule has 2 atom stereocenters. The van der Waals surface area contributed by atoms with Gasteiger partial charge in [0.15, 0.2) is 0 Å². The normalized spacial score (nSPS) is 22.9. The quantitative estimate of drug-likeness (QED) is 0.672. The maximum atomic E-state index is 13.0. The van der Waals surface area contributed by atoms with E-state index in [1.165, 1.54) is 5.56 Å². The van der Waals surface area contributed by atoms with E-state index in [0.29, 0.717) is 32.7 Å². The van der Waals surface area contributed by atoms with E-state index in [0.717, 1.165) is 38.0 Å². The Labute approximate surface area is 167 Å². The first-order chi connectivity index (χ1) is 13.6. The molecule has 1 aromatic rings. The van der Waals surface area contributed by atoms with Crippen LogP contribution in [0.25, 0.3) is 0 Å². The van der Waals surface area contributed by atoms with Gasteiger partial charge in [-0.2, -0.15) is 0 Å². The first-order valence-electron chi connectivity index (χ1n) is 10.6. The van der Waals surface area contributed by atoms with Gasteiger partial charge >= 0.3 is 5.97 Å². The summed E-state index contributed by atoms with van der Waals surface area (Å²) in [4.78, 5) is 29.3. The zero-order valence-electron chi connectivity index (χ0n) is 17.1. The Hall–Kier alpha value is -2.08. The van der Waals surface area contributed by atoms with Crippen molar-refractivity contribution >= 4 is 11.9 Å². The predicted molar refractivity (Wildman–Crippen MR) is 107 cm³/mol. The lowest BCUT2D eigenvalue weighted by Gasteiger charge is -2.36. The number of likely N-dealkylation sites (tertiary alicyclic amines) is 2. The number of nitrogens with zero attached hydrogens (tertiary/aromatic N) is 2. The number of hydrogen-bond acceptors (Lipinski definition) is 5. The first kappa shape index (κ1) is 20.6. The minimum atomic E-state index is -0.423. The SMILES string of the molecule is CCOC(=O)[C@@H]1CCCCN1C(=O)CN1CCC[C@H]1c1ccc(OCC)cc1. The molecule has 3 rings (SSSR count). The fourth-order valence-electron chi connectivity index (χ4n) is 4.32. The van der Waals surface area contributed by atoms with E-state index in [4.69, 9.17) is 9.47 Å². The molecule has 154 valence electrons. The predicted octanol–water partition coefficient (Wildman–Crippen LogP) is 3.17. The summed E-state index contributed by atoms with van der Waals surface area (Å²) < 4.78 is 10.7. The lowest BCUT2D eigenvalue weighted by Crippen LogP contribution is -2.51. The lowest BCUT2D eigenvalue weighted by molar-refractivity contribution is -0.157. The molecule has 0 N–H and O–H groups in total. The largest absolute Gasteiger partial charge is 0.494 e. The zero-order chi connectivity index (χ0) is 19.9. The number of benzene rings is 1. The van der Waals surface area contributed by atoms with E-state index in [9.17, 15) is 9.59 Å².